The summed E-state index contributed by atoms with van der Waals surface area (Å²) in [6, 6.07) is 2.80. The molecule has 0 aromatic heterocycles. The standard InChI is InChI=1S/C15H18FNO4/c1-9-5-10(2)7-12(6-9)21-15(18)13-8-11(16)3-4-14(13)17(19)20/h3-4,8-10,12H,5-7H2,1-2H3. The van der Waals surface area contributed by atoms with Crippen LogP contribution in [0.15, 0.2) is 18.2 Å². The minimum atomic E-state index is -0.826. The molecule has 1 fully saturated rings. The molecule has 114 valence electrons. The van der Waals surface area contributed by atoms with Crippen molar-refractivity contribution in [3.63, 3.8) is 0 Å². The zero-order chi connectivity index (χ0) is 15.6. The Balaban J connectivity index is 2.16. The molecule has 0 heterocycles. The van der Waals surface area contributed by atoms with Crippen molar-refractivity contribution < 1.29 is 18.8 Å². The number of rotatable bonds is 3. The minimum absolute atomic E-state index is 0.265. The van der Waals surface area contributed by atoms with Crippen LogP contribution in [0.4, 0.5) is 10.1 Å². The summed E-state index contributed by atoms with van der Waals surface area (Å²) >= 11 is 0. The molecular weight excluding hydrogens is 277 g/mol. The van der Waals surface area contributed by atoms with Gasteiger partial charge in [-0.25, -0.2) is 9.18 Å². The third-order valence-corrected chi connectivity index (χ3v) is 3.78. The molecule has 2 atom stereocenters. The summed E-state index contributed by atoms with van der Waals surface area (Å²) in [5.41, 5.74) is -0.760. The lowest BCUT2D eigenvalue weighted by atomic mass is 9.82. The molecule has 0 radical (unpaired) electrons. The minimum Gasteiger partial charge on any atom is -0.459 e. The highest BCUT2D eigenvalue weighted by atomic mass is 19.1. The molecule has 0 N–H and O–H groups in total. The molecule has 0 saturated heterocycles. The van der Waals surface area contributed by atoms with Crippen molar-refractivity contribution in [2.45, 2.75) is 39.2 Å². The molecule has 6 heteroatoms. The highest BCUT2D eigenvalue weighted by molar-refractivity contribution is 5.94. The topological polar surface area (TPSA) is 69.4 Å². The van der Waals surface area contributed by atoms with Gasteiger partial charge in [-0.05, 0) is 43.2 Å². The smallest absolute Gasteiger partial charge is 0.345 e. The van der Waals surface area contributed by atoms with Gasteiger partial charge in [0.15, 0.2) is 0 Å². The van der Waals surface area contributed by atoms with Gasteiger partial charge in [0.25, 0.3) is 5.69 Å². The van der Waals surface area contributed by atoms with E-state index < -0.39 is 22.4 Å². The molecule has 0 spiro atoms. The Morgan fingerprint density at radius 2 is 1.90 bits per heavy atom. The summed E-state index contributed by atoms with van der Waals surface area (Å²) in [5.74, 6) is -0.645. The van der Waals surface area contributed by atoms with Crippen LogP contribution in [0.5, 0.6) is 0 Å². The van der Waals surface area contributed by atoms with Crippen LogP contribution < -0.4 is 0 Å². The van der Waals surface area contributed by atoms with Gasteiger partial charge >= 0.3 is 5.97 Å². The SMILES string of the molecule is CC1CC(C)CC(OC(=O)c2cc(F)ccc2[N+](=O)[O-])C1. The number of hydrogen-bond acceptors (Lipinski definition) is 4. The van der Waals surface area contributed by atoms with Crippen molar-refractivity contribution in [1.82, 2.24) is 0 Å². The van der Waals surface area contributed by atoms with E-state index in [9.17, 15) is 19.3 Å². The maximum Gasteiger partial charge on any atom is 0.345 e. The predicted molar refractivity (Wildman–Crippen MR) is 74.4 cm³/mol. The van der Waals surface area contributed by atoms with Gasteiger partial charge in [-0.1, -0.05) is 13.8 Å². The fraction of sp³-hybridized carbons (Fsp3) is 0.533. The van der Waals surface area contributed by atoms with Gasteiger partial charge < -0.3 is 4.74 Å². The Kier molecular flexibility index (Phi) is 4.55. The van der Waals surface area contributed by atoms with Crippen LogP contribution in [-0.2, 0) is 4.74 Å². The van der Waals surface area contributed by atoms with Crippen LogP contribution in [0.2, 0.25) is 0 Å². The highest BCUT2D eigenvalue weighted by Crippen LogP contribution is 2.31. The van der Waals surface area contributed by atoms with E-state index in [0.717, 1.165) is 37.5 Å². The average molecular weight is 295 g/mol. The first-order chi connectivity index (χ1) is 9.86. The van der Waals surface area contributed by atoms with Gasteiger partial charge in [0.05, 0.1) is 4.92 Å². The van der Waals surface area contributed by atoms with Gasteiger partial charge in [0.1, 0.15) is 17.5 Å². The fourth-order valence-electron chi connectivity index (χ4n) is 3.02. The molecule has 5 nitrogen and oxygen atoms in total. The molecule has 0 bridgehead atoms. The van der Waals surface area contributed by atoms with Crippen molar-refractivity contribution in [1.29, 1.82) is 0 Å². The first kappa shape index (κ1) is 15.4. The van der Waals surface area contributed by atoms with E-state index in [1.165, 1.54) is 0 Å². The lowest BCUT2D eigenvalue weighted by Crippen LogP contribution is -2.28. The highest BCUT2D eigenvalue weighted by Gasteiger charge is 2.29. The summed E-state index contributed by atoms with van der Waals surface area (Å²) in [5, 5.41) is 10.9. The Hall–Kier alpha value is -1.98. The van der Waals surface area contributed by atoms with Crippen LogP contribution in [0, 0.1) is 27.8 Å². The lowest BCUT2D eigenvalue weighted by molar-refractivity contribution is -0.385. The number of esters is 1. The second-order valence-corrected chi connectivity index (χ2v) is 5.86. The molecule has 1 aliphatic carbocycles. The van der Waals surface area contributed by atoms with E-state index in [-0.39, 0.29) is 11.7 Å². The molecule has 1 saturated carbocycles. The third-order valence-electron chi connectivity index (χ3n) is 3.78. The van der Waals surface area contributed by atoms with Gasteiger partial charge in [-0.3, -0.25) is 10.1 Å². The fourth-order valence-corrected chi connectivity index (χ4v) is 3.02. The summed E-state index contributed by atoms with van der Waals surface area (Å²) in [4.78, 5) is 22.3. The van der Waals surface area contributed by atoms with Gasteiger partial charge in [0, 0.05) is 6.07 Å². The molecular formula is C15H18FNO4. The van der Waals surface area contributed by atoms with E-state index in [1.807, 2.05) is 0 Å². The number of nitrogens with zero attached hydrogens (tertiary/aromatic N) is 1. The van der Waals surface area contributed by atoms with Crippen LogP contribution in [0.3, 0.4) is 0 Å². The average Bonchev–Trinajstić information content (AvgIpc) is 2.36. The molecule has 1 aromatic carbocycles. The number of halogens is 1. The van der Waals surface area contributed by atoms with Gasteiger partial charge in [-0.15, -0.1) is 0 Å². The van der Waals surface area contributed by atoms with E-state index in [2.05, 4.69) is 13.8 Å². The monoisotopic (exact) mass is 295 g/mol. The summed E-state index contributed by atoms with van der Waals surface area (Å²) < 4.78 is 18.6. The molecule has 0 amide bonds. The molecule has 1 aliphatic rings. The second-order valence-electron chi connectivity index (χ2n) is 5.86. The van der Waals surface area contributed by atoms with Crippen molar-refractivity contribution in [2.75, 3.05) is 0 Å². The zero-order valence-corrected chi connectivity index (χ0v) is 12.0. The van der Waals surface area contributed by atoms with Gasteiger partial charge in [-0.2, -0.15) is 0 Å². The zero-order valence-electron chi connectivity index (χ0n) is 12.0. The number of nitro benzene ring substituents is 1. The summed E-state index contributed by atoms with van der Waals surface area (Å²) in [6.07, 6.45) is 2.28. The lowest BCUT2D eigenvalue weighted by Gasteiger charge is -2.30. The second kappa shape index (κ2) is 6.20. The van der Waals surface area contributed by atoms with Crippen LogP contribution in [-0.4, -0.2) is 17.0 Å². The number of carbonyl (C=O) groups is 1. The van der Waals surface area contributed by atoms with Crippen molar-refractivity contribution in [3.05, 3.63) is 39.7 Å². The summed E-state index contributed by atoms with van der Waals surface area (Å²) in [6.45, 7) is 4.17. The number of ether oxygens (including phenoxy) is 1. The normalized spacial score (nSPS) is 25.4. The quantitative estimate of drug-likeness (QED) is 0.484. The van der Waals surface area contributed by atoms with Crippen LogP contribution in [0.25, 0.3) is 0 Å². The first-order valence-corrected chi connectivity index (χ1v) is 7.01. The number of nitro groups is 1. The Morgan fingerprint density at radius 3 is 2.48 bits per heavy atom. The number of carbonyl (C=O) groups excluding carboxylic acids is 1. The Morgan fingerprint density at radius 1 is 1.29 bits per heavy atom. The first-order valence-electron chi connectivity index (χ1n) is 7.01. The Labute approximate surface area is 122 Å². The molecule has 1 aromatic rings. The van der Waals surface area contributed by atoms with E-state index in [1.54, 1.807) is 0 Å². The molecule has 2 rings (SSSR count). The van der Waals surface area contributed by atoms with E-state index in [0.29, 0.717) is 11.8 Å². The van der Waals surface area contributed by atoms with E-state index >= 15 is 0 Å². The number of benzene rings is 1. The molecule has 0 aliphatic heterocycles. The maximum absolute atomic E-state index is 13.2. The van der Waals surface area contributed by atoms with Crippen LogP contribution >= 0.6 is 0 Å². The summed E-state index contributed by atoms with van der Waals surface area (Å²) in [7, 11) is 0. The van der Waals surface area contributed by atoms with Crippen molar-refractivity contribution in [3.8, 4) is 0 Å². The number of hydrogen-bond donors (Lipinski definition) is 0. The predicted octanol–water partition coefficient (Wildman–Crippen LogP) is 3.72. The third kappa shape index (κ3) is 3.77. The Bertz CT molecular complexity index is 551. The molecule has 21 heavy (non-hydrogen) atoms. The maximum atomic E-state index is 13.2. The molecule has 2 unspecified atom stereocenters. The largest absolute Gasteiger partial charge is 0.459 e. The van der Waals surface area contributed by atoms with Crippen molar-refractivity contribution >= 4 is 11.7 Å². The van der Waals surface area contributed by atoms with Crippen LogP contribution in [0.1, 0.15) is 43.5 Å². The van der Waals surface area contributed by atoms with E-state index in [4.69, 9.17) is 4.74 Å². The van der Waals surface area contributed by atoms with Crippen molar-refractivity contribution in [2.24, 2.45) is 11.8 Å². The van der Waals surface area contributed by atoms with Gasteiger partial charge in [0.2, 0.25) is 0 Å².